The van der Waals surface area contributed by atoms with E-state index >= 15 is 0 Å². The van der Waals surface area contributed by atoms with Gasteiger partial charge in [0, 0.05) is 6.54 Å². The van der Waals surface area contributed by atoms with Crippen LogP contribution >= 0.6 is 0 Å². The Bertz CT molecular complexity index is 924. The maximum atomic E-state index is 13.5. The second-order valence-corrected chi connectivity index (χ2v) is 8.77. The standard InChI is InChI=1S/C25H30N2O5/c1-25(2,3)32-24(30)26-21(19-13-8-5-9-14-19)22(28)27-16-10-15-20(27)23(29)31-17-18-11-6-4-7-12-18/h4-9,11-14,20-21H,10,15-17H2,1-3H3,(H,26,30)/t20-,21-/m0/s1. The smallest absolute Gasteiger partial charge is 0.408 e. The molecule has 3 rings (SSSR count). The van der Waals surface area contributed by atoms with Gasteiger partial charge >= 0.3 is 12.1 Å². The highest BCUT2D eigenvalue weighted by molar-refractivity contribution is 5.91. The lowest BCUT2D eigenvalue weighted by atomic mass is 10.1. The second kappa shape index (κ2) is 10.3. The van der Waals surface area contributed by atoms with Crippen LogP contribution in [-0.4, -0.2) is 41.1 Å². The Balaban J connectivity index is 1.73. The molecule has 170 valence electrons. The molecule has 7 nitrogen and oxygen atoms in total. The summed E-state index contributed by atoms with van der Waals surface area (Å²) in [4.78, 5) is 40.2. The number of hydrogen-bond donors (Lipinski definition) is 1. The molecule has 2 amide bonds. The van der Waals surface area contributed by atoms with E-state index in [1.807, 2.05) is 36.4 Å². The number of alkyl carbamates (subject to hydrolysis) is 1. The van der Waals surface area contributed by atoms with E-state index in [1.165, 1.54) is 4.90 Å². The average Bonchev–Trinajstić information content (AvgIpc) is 3.25. The molecule has 32 heavy (non-hydrogen) atoms. The van der Waals surface area contributed by atoms with Crippen molar-refractivity contribution in [2.75, 3.05) is 6.54 Å². The Hall–Kier alpha value is -3.35. The Kier molecular flexibility index (Phi) is 7.51. The van der Waals surface area contributed by atoms with Gasteiger partial charge in [-0.25, -0.2) is 9.59 Å². The van der Waals surface area contributed by atoms with Crippen LogP contribution in [0.1, 0.15) is 50.8 Å². The SMILES string of the molecule is CC(C)(C)OC(=O)N[C@H](C(=O)N1CCC[C@H]1C(=O)OCc1ccccc1)c1ccccc1. The van der Waals surface area contributed by atoms with Crippen LogP contribution in [0.4, 0.5) is 4.79 Å². The molecule has 2 aromatic rings. The van der Waals surface area contributed by atoms with E-state index in [1.54, 1.807) is 45.0 Å². The third kappa shape index (κ3) is 6.33. The summed E-state index contributed by atoms with van der Waals surface area (Å²) in [5, 5.41) is 2.68. The first-order valence-corrected chi connectivity index (χ1v) is 10.8. The number of amides is 2. The van der Waals surface area contributed by atoms with E-state index in [0.29, 0.717) is 24.9 Å². The molecule has 2 aromatic carbocycles. The molecular weight excluding hydrogens is 408 g/mol. The number of nitrogens with zero attached hydrogens (tertiary/aromatic N) is 1. The molecular formula is C25H30N2O5. The van der Waals surface area contributed by atoms with Crippen LogP contribution < -0.4 is 5.32 Å². The predicted molar refractivity (Wildman–Crippen MR) is 120 cm³/mol. The van der Waals surface area contributed by atoms with Crippen molar-refractivity contribution < 1.29 is 23.9 Å². The van der Waals surface area contributed by atoms with Gasteiger partial charge in [-0.05, 0) is 44.7 Å². The first-order valence-electron chi connectivity index (χ1n) is 10.8. The summed E-state index contributed by atoms with van der Waals surface area (Å²) < 4.78 is 10.8. The molecule has 0 aliphatic carbocycles. The van der Waals surface area contributed by atoms with E-state index in [2.05, 4.69) is 5.32 Å². The van der Waals surface area contributed by atoms with Crippen molar-refractivity contribution in [3.8, 4) is 0 Å². The monoisotopic (exact) mass is 438 g/mol. The third-order valence-corrected chi connectivity index (χ3v) is 5.07. The number of nitrogens with one attached hydrogen (secondary N) is 1. The average molecular weight is 439 g/mol. The van der Waals surface area contributed by atoms with Crippen molar-refractivity contribution in [3.05, 3.63) is 71.8 Å². The second-order valence-electron chi connectivity index (χ2n) is 8.77. The normalized spacial score (nSPS) is 16.8. The number of benzene rings is 2. The molecule has 0 saturated carbocycles. The van der Waals surface area contributed by atoms with Gasteiger partial charge in [0.15, 0.2) is 0 Å². The summed E-state index contributed by atoms with van der Waals surface area (Å²) in [6.07, 6.45) is 0.514. The van der Waals surface area contributed by atoms with Crippen LogP contribution in [-0.2, 0) is 25.7 Å². The van der Waals surface area contributed by atoms with E-state index in [4.69, 9.17) is 9.47 Å². The van der Waals surface area contributed by atoms with Crippen molar-refractivity contribution in [1.82, 2.24) is 10.2 Å². The minimum absolute atomic E-state index is 0.149. The molecule has 1 saturated heterocycles. The zero-order valence-electron chi connectivity index (χ0n) is 18.7. The van der Waals surface area contributed by atoms with Crippen LogP contribution in [0.2, 0.25) is 0 Å². The first-order chi connectivity index (χ1) is 15.2. The molecule has 1 aliphatic rings. The van der Waals surface area contributed by atoms with E-state index in [0.717, 1.165) is 5.56 Å². The molecule has 1 heterocycles. The Morgan fingerprint density at radius 1 is 1.03 bits per heavy atom. The predicted octanol–water partition coefficient (Wildman–Crippen LogP) is 3.99. The largest absolute Gasteiger partial charge is 0.459 e. The molecule has 1 aliphatic heterocycles. The highest BCUT2D eigenvalue weighted by Gasteiger charge is 2.39. The van der Waals surface area contributed by atoms with Gasteiger partial charge in [0.25, 0.3) is 5.91 Å². The molecule has 7 heteroatoms. The topological polar surface area (TPSA) is 84.9 Å². The minimum Gasteiger partial charge on any atom is -0.459 e. The van der Waals surface area contributed by atoms with Crippen molar-refractivity contribution in [1.29, 1.82) is 0 Å². The highest BCUT2D eigenvalue weighted by atomic mass is 16.6. The fourth-order valence-electron chi connectivity index (χ4n) is 3.62. The molecule has 0 radical (unpaired) electrons. The number of rotatable bonds is 6. The Morgan fingerprint density at radius 2 is 1.66 bits per heavy atom. The van der Waals surface area contributed by atoms with Gasteiger partial charge in [0.2, 0.25) is 0 Å². The van der Waals surface area contributed by atoms with Gasteiger partial charge in [-0.2, -0.15) is 0 Å². The van der Waals surface area contributed by atoms with Gasteiger partial charge in [-0.1, -0.05) is 60.7 Å². The van der Waals surface area contributed by atoms with Crippen LogP contribution in [0.15, 0.2) is 60.7 Å². The first kappa shape index (κ1) is 23.3. The summed E-state index contributed by atoms with van der Waals surface area (Å²) in [6.45, 7) is 5.83. The van der Waals surface area contributed by atoms with Crippen LogP contribution in [0, 0.1) is 0 Å². The molecule has 1 fully saturated rings. The molecule has 2 atom stereocenters. The van der Waals surface area contributed by atoms with Crippen molar-refractivity contribution in [2.45, 2.75) is 57.9 Å². The molecule has 0 unspecified atom stereocenters. The van der Waals surface area contributed by atoms with Crippen molar-refractivity contribution in [2.24, 2.45) is 0 Å². The van der Waals surface area contributed by atoms with Crippen LogP contribution in [0.5, 0.6) is 0 Å². The molecule has 0 spiro atoms. The third-order valence-electron chi connectivity index (χ3n) is 5.07. The quantitative estimate of drug-likeness (QED) is 0.690. The maximum absolute atomic E-state index is 13.5. The molecule has 0 bridgehead atoms. The highest BCUT2D eigenvalue weighted by Crippen LogP contribution is 2.25. The van der Waals surface area contributed by atoms with E-state index in [-0.39, 0.29) is 12.5 Å². The fraction of sp³-hybridized carbons (Fsp3) is 0.400. The zero-order chi connectivity index (χ0) is 23.1. The molecule has 0 aromatic heterocycles. The van der Waals surface area contributed by atoms with Gasteiger partial charge < -0.3 is 19.7 Å². The van der Waals surface area contributed by atoms with Crippen LogP contribution in [0.3, 0.4) is 0 Å². The number of carbonyl (C=O) groups is 3. The fourth-order valence-corrected chi connectivity index (χ4v) is 3.62. The summed E-state index contributed by atoms with van der Waals surface area (Å²) in [6, 6.07) is 16.7. The Morgan fingerprint density at radius 3 is 2.28 bits per heavy atom. The zero-order valence-corrected chi connectivity index (χ0v) is 18.7. The summed E-state index contributed by atoms with van der Waals surface area (Å²) in [5.74, 6) is -0.801. The maximum Gasteiger partial charge on any atom is 0.408 e. The van der Waals surface area contributed by atoms with Crippen molar-refractivity contribution >= 4 is 18.0 Å². The number of carbonyl (C=O) groups excluding carboxylic acids is 3. The summed E-state index contributed by atoms with van der Waals surface area (Å²) in [7, 11) is 0. The van der Waals surface area contributed by atoms with Gasteiger partial charge in [-0.15, -0.1) is 0 Å². The lowest BCUT2D eigenvalue weighted by molar-refractivity contribution is -0.155. The summed E-state index contributed by atoms with van der Waals surface area (Å²) >= 11 is 0. The van der Waals surface area contributed by atoms with Crippen molar-refractivity contribution in [3.63, 3.8) is 0 Å². The number of esters is 1. The van der Waals surface area contributed by atoms with Crippen LogP contribution in [0.25, 0.3) is 0 Å². The molecule has 1 N–H and O–H groups in total. The van der Waals surface area contributed by atoms with E-state index < -0.39 is 29.7 Å². The minimum atomic E-state index is -0.964. The lowest BCUT2D eigenvalue weighted by Gasteiger charge is -2.29. The van der Waals surface area contributed by atoms with Gasteiger partial charge in [0.05, 0.1) is 0 Å². The Labute approximate surface area is 188 Å². The number of hydrogen-bond acceptors (Lipinski definition) is 5. The van der Waals surface area contributed by atoms with Gasteiger partial charge in [0.1, 0.15) is 24.3 Å². The lowest BCUT2D eigenvalue weighted by Crippen LogP contribution is -2.48. The van der Waals surface area contributed by atoms with Gasteiger partial charge in [-0.3, -0.25) is 4.79 Å². The van der Waals surface area contributed by atoms with E-state index in [9.17, 15) is 14.4 Å². The number of ether oxygens (including phenoxy) is 2. The summed E-state index contributed by atoms with van der Waals surface area (Å²) in [5.41, 5.74) is 0.795. The number of likely N-dealkylation sites (tertiary alicyclic amines) is 1.